The van der Waals surface area contributed by atoms with E-state index in [1.807, 2.05) is 24.3 Å². The van der Waals surface area contributed by atoms with Crippen LogP contribution in [0, 0.1) is 0 Å². The molecule has 0 bridgehead atoms. The molecule has 22 heavy (non-hydrogen) atoms. The molecular weight excluding hydrogens is 290 g/mol. The Morgan fingerprint density at radius 2 is 1.95 bits per heavy atom. The number of para-hydroxylation sites is 1. The van der Waals surface area contributed by atoms with Gasteiger partial charge in [0.25, 0.3) is 0 Å². The van der Waals surface area contributed by atoms with E-state index in [4.69, 9.17) is 5.73 Å². The van der Waals surface area contributed by atoms with E-state index in [0.29, 0.717) is 0 Å². The van der Waals surface area contributed by atoms with Crippen LogP contribution in [0.4, 0.5) is 0 Å². The second-order valence-electron chi connectivity index (χ2n) is 4.56. The molecule has 0 fully saturated rings. The van der Waals surface area contributed by atoms with Crippen LogP contribution in [0.15, 0.2) is 30.5 Å². The van der Waals surface area contributed by atoms with Crippen LogP contribution in [0.25, 0.3) is 10.9 Å². The van der Waals surface area contributed by atoms with Gasteiger partial charge in [0.15, 0.2) is 0 Å². The van der Waals surface area contributed by atoms with Crippen molar-refractivity contribution in [2.45, 2.75) is 18.9 Å². The highest BCUT2D eigenvalue weighted by Gasteiger charge is 2.21. The molecule has 1 aromatic carbocycles. The van der Waals surface area contributed by atoms with Crippen molar-refractivity contribution >= 4 is 22.8 Å². The summed E-state index contributed by atoms with van der Waals surface area (Å²) in [6.07, 6.45) is 2.13. The Hall–Kier alpha value is -2.42. The summed E-state index contributed by atoms with van der Waals surface area (Å²) in [4.78, 5) is 25.8. The normalized spacial score (nSPS) is 11.1. The lowest BCUT2D eigenvalue weighted by Crippen LogP contribution is -2.42. The van der Waals surface area contributed by atoms with Gasteiger partial charge < -0.3 is 32.1 Å². The first-order valence-electron chi connectivity index (χ1n) is 6.39. The molecule has 2 aromatic rings. The van der Waals surface area contributed by atoms with Gasteiger partial charge in [-0.15, -0.1) is 0 Å². The summed E-state index contributed by atoms with van der Waals surface area (Å²) in [5.74, 6) is -1.40. The molecule has 0 aliphatic carbocycles. The zero-order valence-electron chi connectivity index (χ0n) is 11.9. The summed E-state index contributed by atoms with van der Waals surface area (Å²) in [7, 11) is 0. The second kappa shape index (κ2) is 8.78. The molecule has 2 rings (SSSR count). The standard InChI is InChI=1S/C14H17N3O3.2H2O/c15-6-5-13(18)17-12(14(19)20)7-9-8-16-11-4-2-1-3-10(9)11;;/h1-4,8,12,16H,5-7,15H2,(H,17,18)(H,19,20);2*1H2. The number of carboxylic acid groups (broad SMARTS) is 1. The number of carbonyl (C=O) groups excluding carboxylic acids is 1. The molecule has 0 spiro atoms. The van der Waals surface area contributed by atoms with Crippen LogP contribution in [0.2, 0.25) is 0 Å². The predicted octanol–water partition coefficient (Wildman–Crippen LogP) is -1.02. The first-order chi connectivity index (χ1) is 9.61. The Morgan fingerprint density at radius 1 is 1.27 bits per heavy atom. The lowest BCUT2D eigenvalue weighted by atomic mass is 10.0. The number of aliphatic carboxylic acids is 1. The molecule has 0 radical (unpaired) electrons. The molecule has 8 heteroatoms. The summed E-state index contributed by atoms with van der Waals surface area (Å²) in [5, 5.41) is 12.7. The summed E-state index contributed by atoms with van der Waals surface area (Å²) in [6.45, 7) is 0.200. The number of benzene rings is 1. The Labute approximate surface area is 126 Å². The third-order valence-corrected chi connectivity index (χ3v) is 3.10. The number of carboxylic acids is 1. The number of hydrogen-bond donors (Lipinski definition) is 4. The van der Waals surface area contributed by atoms with E-state index in [-0.39, 0.29) is 36.2 Å². The molecule has 1 amide bonds. The number of nitrogens with one attached hydrogen (secondary N) is 2. The number of aromatic nitrogens is 1. The third kappa shape index (κ3) is 4.55. The average molecular weight is 311 g/mol. The molecular formula is C14H21N3O5. The quantitative estimate of drug-likeness (QED) is 0.535. The van der Waals surface area contributed by atoms with Crippen LogP contribution < -0.4 is 11.1 Å². The highest BCUT2D eigenvalue weighted by molar-refractivity contribution is 5.86. The zero-order chi connectivity index (χ0) is 14.5. The molecule has 1 atom stereocenters. The lowest BCUT2D eigenvalue weighted by molar-refractivity contribution is -0.141. The summed E-state index contributed by atoms with van der Waals surface area (Å²) in [5.41, 5.74) is 7.08. The highest BCUT2D eigenvalue weighted by Crippen LogP contribution is 2.19. The minimum atomic E-state index is -1.05. The van der Waals surface area contributed by atoms with Crippen molar-refractivity contribution in [1.82, 2.24) is 10.3 Å². The first-order valence-corrected chi connectivity index (χ1v) is 6.39. The van der Waals surface area contributed by atoms with Crippen LogP contribution in [0.5, 0.6) is 0 Å². The topological polar surface area (TPSA) is 171 Å². The molecule has 1 heterocycles. The van der Waals surface area contributed by atoms with E-state index in [2.05, 4.69) is 10.3 Å². The Morgan fingerprint density at radius 3 is 2.59 bits per heavy atom. The first kappa shape index (κ1) is 19.6. The second-order valence-corrected chi connectivity index (χ2v) is 4.56. The maximum atomic E-state index is 11.5. The number of amides is 1. The van der Waals surface area contributed by atoms with Crippen LogP contribution >= 0.6 is 0 Å². The van der Waals surface area contributed by atoms with Gasteiger partial charge in [-0.3, -0.25) is 4.79 Å². The molecule has 122 valence electrons. The van der Waals surface area contributed by atoms with Crippen molar-refractivity contribution in [3.63, 3.8) is 0 Å². The third-order valence-electron chi connectivity index (χ3n) is 3.10. The van der Waals surface area contributed by atoms with Gasteiger partial charge in [-0.05, 0) is 11.6 Å². The maximum Gasteiger partial charge on any atom is 0.326 e. The Kier molecular flexibility index (Phi) is 7.81. The van der Waals surface area contributed by atoms with E-state index in [1.54, 1.807) is 6.20 Å². The summed E-state index contributed by atoms with van der Waals surface area (Å²) >= 11 is 0. The molecule has 8 nitrogen and oxygen atoms in total. The minimum Gasteiger partial charge on any atom is -0.480 e. The lowest BCUT2D eigenvalue weighted by Gasteiger charge is -2.13. The molecule has 0 saturated carbocycles. The average Bonchev–Trinajstić information content (AvgIpc) is 2.82. The molecule has 9 N–H and O–H groups in total. The van der Waals surface area contributed by atoms with Gasteiger partial charge in [0.05, 0.1) is 0 Å². The van der Waals surface area contributed by atoms with Crippen molar-refractivity contribution in [2.75, 3.05) is 6.54 Å². The van der Waals surface area contributed by atoms with E-state index < -0.39 is 12.0 Å². The maximum absolute atomic E-state index is 11.5. The van der Waals surface area contributed by atoms with Gasteiger partial charge in [0, 0.05) is 36.5 Å². The Balaban J connectivity index is 0.00000220. The number of hydrogen-bond acceptors (Lipinski definition) is 3. The van der Waals surface area contributed by atoms with Crippen LogP contribution in [0.3, 0.4) is 0 Å². The van der Waals surface area contributed by atoms with Crippen LogP contribution in [0.1, 0.15) is 12.0 Å². The fourth-order valence-electron chi connectivity index (χ4n) is 2.12. The van der Waals surface area contributed by atoms with Gasteiger partial charge >= 0.3 is 5.97 Å². The predicted molar refractivity (Wildman–Crippen MR) is 82.5 cm³/mol. The largest absolute Gasteiger partial charge is 0.480 e. The SMILES string of the molecule is NCCC(=O)NC(Cc1c[nH]c2ccccc12)C(=O)O.O.O. The van der Waals surface area contributed by atoms with Gasteiger partial charge in [-0.1, -0.05) is 18.2 Å². The number of aromatic amines is 1. The van der Waals surface area contributed by atoms with E-state index in [0.717, 1.165) is 16.5 Å². The highest BCUT2D eigenvalue weighted by atomic mass is 16.4. The van der Waals surface area contributed by atoms with E-state index >= 15 is 0 Å². The van der Waals surface area contributed by atoms with Crippen molar-refractivity contribution in [1.29, 1.82) is 0 Å². The van der Waals surface area contributed by atoms with Crippen molar-refractivity contribution in [2.24, 2.45) is 5.73 Å². The number of nitrogens with two attached hydrogens (primary N) is 1. The molecule has 1 unspecified atom stereocenters. The number of rotatable bonds is 6. The number of H-pyrrole nitrogens is 1. The molecule has 0 aliphatic heterocycles. The molecule has 0 saturated heterocycles. The van der Waals surface area contributed by atoms with Gasteiger partial charge in [0.2, 0.25) is 5.91 Å². The van der Waals surface area contributed by atoms with Gasteiger partial charge in [-0.2, -0.15) is 0 Å². The van der Waals surface area contributed by atoms with Crippen molar-refractivity contribution in [3.8, 4) is 0 Å². The van der Waals surface area contributed by atoms with Gasteiger partial charge in [0.1, 0.15) is 6.04 Å². The zero-order valence-corrected chi connectivity index (χ0v) is 11.9. The molecule has 0 aliphatic rings. The minimum absolute atomic E-state index is 0. The smallest absolute Gasteiger partial charge is 0.326 e. The molecule has 1 aromatic heterocycles. The van der Waals surface area contributed by atoms with Crippen LogP contribution in [-0.4, -0.2) is 45.5 Å². The number of carbonyl (C=O) groups is 2. The fourth-order valence-corrected chi connectivity index (χ4v) is 2.12. The number of fused-ring (bicyclic) bond motifs is 1. The fraction of sp³-hybridized carbons (Fsp3) is 0.286. The van der Waals surface area contributed by atoms with Gasteiger partial charge in [-0.25, -0.2) is 4.79 Å². The Bertz CT molecular complexity index is 626. The monoisotopic (exact) mass is 311 g/mol. The van der Waals surface area contributed by atoms with E-state index in [1.165, 1.54) is 0 Å². The van der Waals surface area contributed by atoms with Crippen LogP contribution in [-0.2, 0) is 16.0 Å². The van der Waals surface area contributed by atoms with E-state index in [9.17, 15) is 14.7 Å². The van der Waals surface area contributed by atoms with Crippen molar-refractivity contribution < 1.29 is 25.6 Å². The summed E-state index contributed by atoms with van der Waals surface area (Å²) < 4.78 is 0. The van der Waals surface area contributed by atoms with Crippen molar-refractivity contribution in [3.05, 3.63) is 36.0 Å². The summed E-state index contributed by atoms with van der Waals surface area (Å²) in [6, 6.07) is 6.68.